The van der Waals surface area contributed by atoms with E-state index in [9.17, 15) is 19.7 Å². The molecule has 1 heterocycles. The van der Waals surface area contributed by atoms with Gasteiger partial charge in [-0.3, -0.25) is 14.9 Å². The van der Waals surface area contributed by atoms with Crippen LogP contribution in [-0.4, -0.2) is 23.0 Å². The van der Waals surface area contributed by atoms with Crippen LogP contribution in [0.3, 0.4) is 0 Å². The molecule has 8 heteroatoms. The summed E-state index contributed by atoms with van der Waals surface area (Å²) < 4.78 is 17.0. The third kappa shape index (κ3) is 2.21. The van der Waals surface area contributed by atoms with Crippen molar-refractivity contribution in [2.45, 2.75) is 44.1 Å². The molecule has 0 radical (unpaired) electrons. The monoisotopic (exact) mass is 447 g/mol. The molecule has 1 aliphatic heterocycles. The van der Waals surface area contributed by atoms with Gasteiger partial charge in [-0.2, -0.15) is 0 Å². The molecule has 33 heavy (non-hydrogen) atoms. The van der Waals surface area contributed by atoms with Crippen LogP contribution in [0.2, 0.25) is 0 Å². The summed E-state index contributed by atoms with van der Waals surface area (Å²) in [5.74, 6) is 2.76. The van der Waals surface area contributed by atoms with Crippen LogP contribution in [0.1, 0.15) is 37.3 Å². The lowest BCUT2D eigenvalue weighted by molar-refractivity contribution is -0.384. The molecule has 0 saturated heterocycles. The first-order valence-corrected chi connectivity index (χ1v) is 11.3. The van der Waals surface area contributed by atoms with Gasteiger partial charge in [0.15, 0.2) is 23.4 Å². The predicted octanol–water partition coefficient (Wildman–Crippen LogP) is 4.36. The first-order chi connectivity index (χ1) is 15.8. The summed E-state index contributed by atoms with van der Waals surface area (Å²) >= 11 is 0. The lowest BCUT2D eigenvalue weighted by Crippen LogP contribution is -2.53. The molecule has 3 fully saturated rings. The van der Waals surface area contributed by atoms with Crippen molar-refractivity contribution in [2.75, 3.05) is 0 Å². The minimum atomic E-state index is -0.964. The number of non-ortho nitro benzene ring substituents is 1. The molecule has 2 aromatic rings. The standard InChI is InChI=1S/C25H21NO7/c1-12-19-16-7-8-17(27)22-25(16)11-24(12,19)10-13-2-9-18(21(33-22)20(13)25)32-23(28)31-15-5-3-14(4-6-15)26(29)30/h2-6,9,12,16,19,22H,7-8,10-11H2,1H3/t12-,16?,19-,22-,24?,25-/m0/s1. The van der Waals surface area contributed by atoms with Crippen LogP contribution < -0.4 is 14.2 Å². The second kappa shape index (κ2) is 5.92. The third-order valence-electron chi connectivity index (χ3n) is 9.05. The van der Waals surface area contributed by atoms with Crippen molar-refractivity contribution in [3.05, 3.63) is 57.6 Å². The first kappa shape index (κ1) is 19.1. The summed E-state index contributed by atoms with van der Waals surface area (Å²) in [6, 6.07) is 8.91. The highest BCUT2D eigenvalue weighted by atomic mass is 16.7. The zero-order valence-electron chi connectivity index (χ0n) is 17.9. The highest BCUT2D eigenvalue weighted by Gasteiger charge is 2.81. The van der Waals surface area contributed by atoms with Gasteiger partial charge in [0.05, 0.1) is 4.92 Å². The van der Waals surface area contributed by atoms with Crippen LogP contribution >= 0.6 is 0 Å². The van der Waals surface area contributed by atoms with Gasteiger partial charge in [0.1, 0.15) is 5.75 Å². The van der Waals surface area contributed by atoms with Crippen LogP contribution in [0.4, 0.5) is 10.5 Å². The number of nitro groups is 1. The van der Waals surface area contributed by atoms with Crippen molar-refractivity contribution < 1.29 is 28.7 Å². The fourth-order valence-electron chi connectivity index (χ4n) is 7.89. The maximum absolute atomic E-state index is 13.0. The van der Waals surface area contributed by atoms with Gasteiger partial charge in [0.2, 0.25) is 0 Å². The summed E-state index contributed by atoms with van der Waals surface area (Å²) in [5.41, 5.74) is 2.16. The van der Waals surface area contributed by atoms with Crippen LogP contribution in [0.25, 0.3) is 0 Å². The quantitative estimate of drug-likeness (QED) is 0.298. The number of nitrogens with zero attached hydrogens (tertiary/aromatic N) is 1. The van der Waals surface area contributed by atoms with Crippen LogP contribution in [-0.2, 0) is 16.6 Å². The van der Waals surface area contributed by atoms with E-state index in [1.807, 2.05) is 6.07 Å². The van der Waals surface area contributed by atoms with E-state index in [2.05, 4.69) is 6.92 Å². The average Bonchev–Trinajstić information content (AvgIpc) is 3.08. The highest BCUT2D eigenvalue weighted by molar-refractivity contribution is 5.89. The molecule has 6 atom stereocenters. The Kier molecular flexibility index (Phi) is 3.43. The van der Waals surface area contributed by atoms with Gasteiger partial charge in [-0.15, -0.1) is 0 Å². The molecule has 2 aromatic carbocycles. The zero-order chi connectivity index (χ0) is 22.7. The van der Waals surface area contributed by atoms with Crippen LogP contribution in [0, 0.1) is 33.3 Å². The van der Waals surface area contributed by atoms with E-state index in [-0.39, 0.29) is 33.8 Å². The fourth-order valence-corrected chi connectivity index (χ4v) is 7.89. The molecule has 8 nitrogen and oxygen atoms in total. The summed E-state index contributed by atoms with van der Waals surface area (Å²) in [7, 11) is 0. The topological polar surface area (TPSA) is 105 Å². The second-order valence-electron chi connectivity index (χ2n) is 10.2. The molecule has 168 valence electrons. The van der Waals surface area contributed by atoms with Gasteiger partial charge in [-0.1, -0.05) is 13.0 Å². The maximum atomic E-state index is 13.0. The van der Waals surface area contributed by atoms with E-state index < -0.39 is 17.2 Å². The van der Waals surface area contributed by atoms with Crippen LogP contribution in [0.15, 0.2) is 36.4 Å². The number of benzene rings is 2. The summed E-state index contributed by atoms with van der Waals surface area (Å²) in [5, 5.41) is 10.8. The molecule has 5 aliphatic rings. The Hall–Kier alpha value is -3.42. The summed E-state index contributed by atoms with van der Waals surface area (Å²) in [4.78, 5) is 35.7. The van der Waals surface area contributed by atoms with Crippen molar-refractivity contribution in [2.24, 2.45) is 23.2 Å². The molecule has 0 amide bonds. The first-order valence-electron chi connectivity index (χ1n) is 11.3. The molecular weight excluding hydrogens is 426 g/mol. The number of carbonyl (C=O) groups is 2. The number of Topliss-reactive ketones (excluding diaryl/α,β-unsaturated/α-hetero) is 1. The number of hydrogen-bond acceptors (Lipinski definition) is 7. The average molecular weight is 447 g/mol. The predicted molar refractivity (Wildman–Crippen MR) is 113 cm³/mol. The molecule has 3 saturated carbocycles. The molecule has 7 rings (SSSR count). The van der Waals surface area contributed by atoms with Crippen molar-refractivity contribution in [1.29, 1.82) is 0 Å². The Morgan fingerprint density at radius 1 is 1.18 bits per heavy atom. The summed E-state index contributed by atoms with van der Waals surface area (Å²) in [6.45, 7) is 2.34. The Balaban J connectivity index is 1.22. The zero-order valence-corrected chi connectivity index (χ0v) is 17.9. The van der Waals surface area contributed by atoms with Gasteiger partial charge in [-0.25, -0.2) is 4.79 Å². The Labute approximate surface area is 189 Å². The number of ether oxygens (including phenoxy) is 3. The number of hydrogen-bond donors (Lipinski definition) is 0. The van der Waals surface area contributed by atoms with E-state index in [0.717, 1.165) is 24.8 Å². The Morgan fingerprint density at radius 3 is 2.73 bits per heavy atom. The van der Waals surface area contributed by atoms with Crippen molar-refractivity contribution >= 4 is 17.6 Å². The number of fused-ring (bicyclic) bond motifs is 1. The fraction of sp³-hybridized carbons (Fsp3) is 0.440. The van der Waals surface area contributed by atoms with Crippen LogP contribution in [0.5, 0.6) is 17.2 Å². The summed E-state index contributed by atoms with van der Waals surface area (Å²) in [6.07, 6.45) is 1.94. The lowest BCUT2D eigenvalue weighted by Gasteiger charge is -2.44. The number of carbonyl (C=O) groups excluding carboxylic acids is 2. The van der Waals surface area contributed by atoms with E-state index in [4.69, 9.17) is 14.2 Å². The van der Waals surface area contributed by atoms with Crippen molar-refractivity contribution in [1.82, 2.24) is 0 Å². The van der Waals surface area contributed by atoms with Gasteiger partial charge >= 0.3 is 6.16 Å². The smallest absolute Gasteiger partial charge is 0.477 e. The van der Waals surface area contributed by atoms with E-state index in [0.29, 0.717) is 29.9 Å². The van der Waals surface area contributed by atoms with Gasteiger partial charge < -0.3 is 14.2 Å². The largest absolute Gasteiger partial charge is 0.519 e. The normalized spacial score (nSPS) is 35.8. The van der Waals surface area contributed by atoms with E-state index in [1.54, 1.807) is 6.07 Å². The second-order valence-corrected chi connectivity index (χ2v) is 10.2. The van der Waals surface area contributed by atoms with E-state index >= 15 is 0 Å². The number of rotatable bonds is 3. The van der Waals surface area contributed by atoms with Crippen molar-refractivity contribution in [3.63, 3.8) is 0 Å². The van der Waals surface area contributed by atoms with Crippen molar-refractivity contribution in [3.8, 4) is 17.2 Å². The molecule has 2 spiro atoms. The molecular formula is C25H21NO7. The molecule has 2 bridgehead atoms. The lowest BCUT2D eigenvalue weighted by atomic mass is 9.57. The highest BCUT2D eigenvalue weighted by Crippen LogP contribution is 2.83. The molecule has 2 unspecified atom stereocenters. The van der Waals surface area contributed by atoms with E-state index in [1.165, 1.54) is 29.8 Å². The van der Waals surface area contributed by atoms with Gasteiger partial charge in [0.25, 0.3) is 5.69 Å². The minimum absolute atomic E-state index is 0.102. The Morgan fingerprint density at radius 2 is 1.97 bits per heavy atom. The Bertz CT molecular complexity index is 1270. The number of ketones is 1. The SMILES string of the molecule is C[C@H]1[C@H]2C3CCC(=O)[C@@H]4Oc5c(OC(=O)Oc6ccc([N+](=O)[O-])cc6)ccc6c5[C@]34CC21C6. The molecule has 0 N–H and O–H groups in total. The maximum Gasteiger partial charge on any atom is 0.519 e. The minimum Gasteiger partial charge on any atom is -0.477 e. The number of nitro benzene ring substituents is 1. The molecule has 4 aliphatic carbocycles. The van der Waals surface area contributed by atoms with Gasteiger partial charge in [0, 0.05) is 29.5 Å². The molecule has 0 aromatic heterocycles. The van der Waals surface area contributed by atoms with Gasteiger partial charge in [-0.05, 0) is 66.2 Å². The third-order valence-corrected chi connectivity index (χ3v) is 9.05.